The van der Waals surface area contributed by atoms with Crippen LogP contribution in [0.2, 0.25) is 0 Å². The molecule has 0 saturated heterocycles. The lowest BCUT2D eigenvalue weighted by Crippen LogP contribution is -2.14. The minimum absolute atomic E-state index is 0.0499. The summed E-state index contributed by atoms with van der Waals surface area (Å²) >= 11 is 3.37. The summed E-state index contributed by atoms with van der Waals surface area (Å²) in [5.74, 6) is 0.00172. The number of aromatic nitrogens is 4. The van der Waals surface area contributed by atoms with Crippen LogP contribution in [0.1, 0.15) is 11.1 Å². The topological polar surface area (TPSA) is 83.6 Å². The first-order valence-corrected chi connectivity index (χ1v) is 8.11. The summed E-state index contributed by atoms with van der Waals surface area (Å²) in [4.78, 5) is 12.2. The first-order chi connectivity index (χ1) is 12.3. The van der Waals surface area contributed by atoms with E-state index in [2.05, 4.69) is 41.9 Å². The molecule has 0 spiro atoms. The first-order valence-electron chi connectivity index (χ1n) is 7.32. The molecule has 0 radical (unpaired) electrons. The Morgan fingerprint density at radius 1 is 1.15 bits per heavy atom. The molecule has 0 unspecified atom stereocenters. The number of halogens is 4. The molecule has 26 heavy (non-hydrogen) atoms. The van der Waals surface area contributed by atoms with E-state index in [1.807, 2.05) is 0 Å². The largest absolute Gasteiger partial charge is 0.416 e. The second-order valence-corrected chi connectivity index (χ2v) is 6.20. The maximum absolute atomic E-state index is 12.6. The van der Waals surface area contributed by atoms with Crippen LogP contribution in [0.3, 0.4) is 0 Å². The highest BCUT2D eigenvalue weighted by Gasteiger charge is 2.29. The third kappa shape index (κ3) is 4.26. The third-order valence-corrected chi connectivity index (χ3v) is 4.17. The lowest BCUT2D eigenvalue weighted by atomic mass is 10.1. The van der Waals surface area contributed by atoms with Gasteiger partial charge in [-0.1, -0.05) is 28.1 Å². The van der Waals surface area contributed by atoms with Gasteiger partial charge in [-0.15, -0.1) is 10.2 Å². The number of carbonyl (C=O) groups is 1. The predicted molar refractivity (Wildman–Crippen MR) is 91.1 cm³/mol. The number of amides is 1. The van der Waals surface area contributed by atoms with Crippen molar-refractivity contribution in [3.8, 4) is 11.4 Å². The van der Waals surface area contributed by atoms with Crippen molar-refractivity contribution in [2.45, 2.75) is 12.6 Å². The van der Waals surface area contributed by atoms with Gasteiger partial charge >= 0.3 is 6.18 Å². The quantitative estimate of drug-likeness (QED) is 0.665. The summed E-state index contributed by atoms with van der Waals surface area (Å²) in [6, 6.07) is 9.55. The zero-order valence-electron chi connectivity index (χ0n) is 13.0. The molecule has 1 amide bonds. The molecule has 134 valence electrons. The van der Waals surface area contributed by atoms with E-state index in [9.17, 15) is 18.0 Å². The van der Waals surface area contributed by atoms with Crippen molar-refractivity contribution in [1.29, 1.82) is 0 Å². The van der Waals surface area contributed by atoms with E-state index in [-0.39, 0.29) is 12.3 Å². The fourth-order valence-electron chi connectivity index (χ4n) is 2.25. The average Bonchev–Trinajstić information content (AvgIpc) is 3.10. The number of alkyl halides is 3. The molecular formula is C16H11BrF3N5O. The standard InChI is InChI=1S/C16H11BrF3N5O/c17-13-6-5-11(8-12(13)15-22-24-25-23-15)21-14(26)7-9-1-3-10(4-2-9)16(18,19)20/h1-6,8H,7H2,(H,21,26)(H,22,23,24,25). The van der Waals surface area contributed by atoms with Gasteiger partial charge in [-0.3, -0.25) is 4.79 Å². The lowest BCUT2D eigenvalue weighted by molar-refractivity contribution is -0.137. The van der Waals surface area contributed by atoms with Crippen LogP contribution < -0.4 is 5.32 Å². The van der Waals surface area contributed by atoms with Crippen LogP contribution in [0.15, 0.2) is 46.9 Å². The minimum Gasteiger partial charge on any atom is -0.326 e. The Hall–Kier alpha value is -2.75. The number of carbonyl (C=O) groups excluding carboxylic acids is 1. The number of hydrogen-bond donors (Lipinski definition) is 2. The van der Waals surface area contributed by atoms with Gasteiger partial charge in [0.05, 0.1) is 12.0 Å². The van der Waals surface area contributed by atoms with E-state index < -0.39 is 11.7 Å². The van der Waals surface area contributed by atoms with E-state index in [1.54, 1.807) is 18.2 Å². The van der Waals surface area contributed by atoms with Gasteiger partial charge in [-0.05, 0) is 41.1 Å². The molecule has 1 heterocycles. The van der Waals surface area contributed by atoms with Crippen LogP contribution >= 0.6 is 15.9 Å². The molecule has 0 fully saturated rings. The van der Waals surface area contributed by atoms with Crippen molar-refractivity contribution >= 4 is 27.5 Å². The van der Waals surface area contributed by atoms with Crippen LogP contribution in [0.5, 0.6) is 0 Å². The van der Waals surface area contributed by atoms with E-state index >= 15 is 0 Å². The van der Waals surface area contributed by atoms with Crippen molar-refractivity contribution in [3.63, 3.8) is 0 Å². The maximum Gasteiger partial charge on any atom is 0.416 e. The second-order valence-electron chi connectivity index (χ2n) is 5.35. The summed E-state index contributed by atoms with van der Waals surface area (Å²) in [6.45, 7) is 0. The Morgan fingerprint density at radius 2 is 1.88 bits per heavy atom. The van der Waals surface area contributed by atoms with Gasteiger partial charge in [0.1, 0.15) is 0 Å². The van der Waals surface area contributed by atoms with E-state index in [1.165, 1.54) is 12.1 Å². The van der Waals surface area contributed by atoms with E-state index in [0.717, 1.165) is 16.6 Å². The van der Waals surface area contributed by atoms with Gasteiger partial charge in [-0.25, -0.2) is 0 Å². The molecule has 0 saturated carbocycles. The molecule has 6 nitrogen and oxygen atoms in total. The molecule has 0 aliphatic carbocycles. The Balaban J connectivity index is 1.70. The SMILES string of the molecule is O=C(Cc1ccc(C(F)(F)F)cc1)Nc1ccc(Br)c(-c2nn[nH]n2)c1. The lowest BCUT2D eigenvalue weighted by Gasteiger charge is -2.09. The predicted octanol–water partition coefficient (Wildman–Crippen LogP) is 3.83. The molecule has 0 aliphatic rings. The number of H-pyrrole nitrogens is 1. The molecule has 2 aromatic carbocycles. The number of benzene rings is 2. The number of aromatic amines is 1. The highest BCUT2D eigenvalue weighted by Crippen LogP contribution is 2.30. The molecule has 3 rings (SSSR count). The summed E-state index contributed by atoms with van der Waals surface area (Å²) in [5, 5.41) is 16.3. The Morgan fingerprint density at radius 3 is 2.50 bits per heavy atom. The summed E-state index contributed by atoms with van der Waals surface area (Å²) in [7, 11) is 0. The van der Waals surface area contributed by atoms with Crippen LogP contribution in [-0.4, -0.2) is 26.5 Å². The highest BCUT2D eigenvalue weighted by molar-refractivity contribution is 9.10. The normalized spacial score (nSPS) is 11.4. The molecule has 2 N–H and O–H groups in total. The zero-order chi connectivity index (χ0) is 18.7. The third-order valence-electron chi connectivity index (χ3n) is 3.48. The second kappa shape index (κ2) is 7.24. The number of rotatable bonds is 4. The highest BCUT2D eigenvalue weighted by atomic mass is 79.9. The van der Waals surface area contributed by atoms with Crippen LogP contribution in [-0.2, 0) is 17.4 Å². The minimum atomic E-state index is -4.40. The maximum atomic E-state index is 12.6. The Kier molecular flexibility index (Phi) is 5.03. The summed E-state index contributed by atoms with van der Waals surface area (Å²) in [5.41, 5.74) is 0.862. The van der Waals surface area contributed by atoms with Gasteiger partial charge in [0, 0.05) is 15.7 Å². The fourth-order valence-corrected chi connectivity index (χ4v) is 2.68. The number of hydrogen-bond acceptors (Lipinski definition) is 4. The number of anilines is 1. The fraction of sp³-hybridized carbons (Fsp3) is 0.125. The van der Waals surface area contributed by atoms with E-state index in [4.69, 9.17) is 0 Å². The Bertz CT molecular complexity index is 911. The van der Waals surface area contributed by atoms with Gasteiger partial charge in [-0.2, -0.15) is 18.4 Å². The molecule has 0 bridgehead atoms. The summed E-state index contributed by atoms with van der Waals surface area (Å²) < 4.78 is 38.4. The smallest absolute Gasteiger partial charge is 0.326 e. The average molecular weight is 426 g/mol. The van der Waals surface area contributed by atoms with Gasteiger partial charge in [0.25, 0.3) is 0 Å². The molecule has 10 heteroatoms. The van der Waals surface area contributed by atoms with Crippen molar-refractivity contribution in [2.24, 2.45) is 0 Å². The van der Waals surface area contributed by atoms with Gasteiger partial charge < -0.3 is 5.32 Å². The molecule has 0 atom stereocenters. The van der Waals surface area contributed by atoms with Gasteiger partial charge in [0.15, 0.2) is 0 Å². The first kappa shape index (κ1) is 18.1. The van der Waals surface area contributed by atoms with Crippen LogP contribution in [0, 0.1) is 0 Å². The Labute approximate surface area is 153 Å². The molecule has 0 aliphatic heterocycles. The number of nitrogens with zero attached hydrogens (tertiary/aromatic N) is 3. The van der Waals surface area contributed by atoms with Crippen molar-refractivity contribution in [2.75, 3.05) is 5.32 Å². The molecule has 1 aromatic heterocycles. The van der Waals surface area contributed by atoms with E-state index in [0.29, 0.717) is 22.6 Å². The van der Waals surface area contributed by atoms with Crippen LogP contribution in [0.25, 0.3) is 11.4 Å². The monoisotopic (exact) mass is 425 g/mol. The number of tetrazole rings is 1. The molecule has 3 aromatic rings. The van der Waals surface area contributed by atoms with Crippen molar-refractivity contribution < 1.29 is 18.0 Å². The van der Waals surface area contributed by atoms with Crippen LogP contribution in [0.4, 0.5) is 18.9 Å². The van der Waals surface area contributed by atoms with Crippen molar-refractivity contribution in [3.05, 3.63) is 58.1 Å². The number of nitrogens with one attached hydrogen (secondary N) is 2. The zero-order valence-corrected chi connectivity index (χ0v) is 14.6. The van der Waals surface area contributed by atoms with Gasteiger partial charge in [0.2, 0.25) is 11.7 Å². The summed E-state index contributed by atoms with van der Waals surface area (Å²) in [6.07, 6.45) is -4.45. The van der Waals surface area contributed by atoms with Crippen molar-refractivity contribution in [1.82, 2.24) is 20.6 Å². The molecular weight excluding hydrogens is 415 g/mol.